The van der Waals surface area contributed by atoms with E-state index in [2.05, 4.69) is 5.32 Å². The van der Waals surface area contributed by atoms with Gasteiger partial charge >= 0.3 is 0 Å². The highest BCUT2D eigenvalue weighted by Crippen LogP contribution is 2.26. The summed E-state index contributed by atoms with van der Waals surface area (Å²) in [6, 6.07) is 8.92. The first kappa shape index (κ1) is 14.4. The number of thiophene rings is 1. The first-order valence-electron chi connectivity index (χ1n) is 5.72. The highest BCUT2D eigenvalue weighted by Gasteiger charge is 2.12. The van der Waals surface area contributed by atoms with Crippen molar-refractivity contribution < 1.29 is 9.59 Å². The summed E-state index contributed by atoms with van der Waals surface area (Å²) >= 11 is 2.61. The van der Waals surface area contributed by atoms with Crippen LogP contribution in [0.15, 0.2) is 40.6 Å². The fourth-order valence-electron chi connectivity index (χ4n) is 1.52. The Morgan fingerprint density at radius 2 is 2.00 bits per heavy atom. The van der Waals surface area contributed by atoms with Crippen LogP contribution in [0.3, 0.4) is 0 Å². The SMILES string of the molecule is NC(=O)c1ccsc1NC(=O)CSc1ccccc1N. The van der Waals surface area contributed by atoms with E-state index in [1.165, 1.54) is 23.1 Å². The van der Waals surface area contributed by atoms with Crippen molar-refractivity contribution in [3.63, 3.8) is 0 Å². The van der Waals surface area contributed by atoms with Crippen molar-refractivity contribution in [2.75, 3.05) is 16.8 Å². The van der Waals surface area contributed by atoms with E-state index in [4.69, 9.17) is 11.5 Å². The molecule has 7 heteroatoms. The third kappa shape index (κ3) is 3.52. The second kappa shape index (κ2) is 6.44. The monoisotopic (exact) mass is 307 g/mol. The van der Waals surface area contributed by atoms with Crippen LogP contribution in [0.4, 0.5) is 10.7 Å². The molecule has 0 fully saturated rings. The summed E-state index contributed by atoms with van der Waals surface area (Å²) in [6.45, 7) is 0. The molecular formula is C13H13N3O2S2. The van der Waals surface area contributed by atoms with Crippen LogP contribution in [0.1, 0.15) is 10.4 Å². The molecular weight excluding hydrogens is 294 g/mol. The van der Waals surface area contributed by atoms with E-state index in [-0.39, 0.29) is 11.7 Å². The third-order valence-corrected chi connectivity index (χ3v) is 4.38. The minimum Gasteiger partial charge on any atom is -0.398 e. The molecule has 0 aliphatic rings. The van der Waals surface area contributed by atoms with E-state index in [0.717, 1.165) is 4.90 Å². The van der Waals surface area contributed by atoms with Gasteiger partial charge in [0.25, 0.3) is 5.91 Å². The van der Waals surface area contributed by atoms with Gasteiger partial charge in [0.05, 0.1) is 11.3 Å². The largest absolute Gasteiger partial charge is 0.398 e. The lowest BCUT2D eigenvalue weighted by Crippen LogP contribution is -2.17. The number of nitrogen functional groups attached to an aromatic ring is 1. The molecule has 2 rings (SSSR count). The van der Waals surface area contributed by atoms with Gasteiger partial charge in [-0.15, -0.1) is 23.1 Å². The summed E-state index contributed by atoms with van der Waals surface area (Å²) in [6.07, 6.45) is 0. The molecule has 2 aromatic rings. The Morgan fingerprint density at radius 1 is 1.25 bits per heavy atom. The first-order chi connectivity index (χ1) is 9.58. The number of carbonyl (C=O) groups excluding carboxylic acids is 2. The number of hydrogen-bond donors (Lipinski definition) is 3. The van der Waals surface area contributed by atoms with Gasteiger partial charge in [-0.2, -0.15) is 0 Å². The summed E-state index contributed by atoms with van der Waals surface area (Å²) in [5.74, 6) is -0.547. The molecule has 20 heavy (non-hydrogen) atoms. The lowest BCUT2D eigenvalue weighted by Gasteiger charge is -2.06. The maximum Gasteiger partial charge on any atom is 0.251 e. The predicted molar refractivity (Wildman–Crippen MR) is 83.0 cm³/mol. The van der Waals surface area contributed by atoms with Gasteiger partial charge in [0.15, 0.2) is 0 Å². The highest BCUT2D eigenvalue weighted by atomic mass is 32.2. The van der Waals surface area contributed by atoms with Crippen LogP contribution in [0.25, 0.3) is 0 Å². The van der Waals surface area contributed by atoms with Crippen LogP contribution in [-0.2, 0) is 4.79 Å². The molecule has 0 spiro atoms. The van der Waals surface area contributed by atoms with Gasteiger partial charge in [-0.1, -0.05) is 12.1 Å². The van der Waals surface area contributed by atoms with Gasteiger partial charge in [-0.05, 0) is 23.6 Å². The summed E-state index contributed by atoms with van der Waals surface area (Å²) in [5.41, 5.74) is 12.0. The van der Waals surface area contributed by atoms with Gasteiger partial charge in [-0.25, -0.2) is 0 Å². The number of rotatable bonds is 5. The Hall–Kier alpha value is -1.99. The lowest BCUT2D eigenvalue weighted by atomic mass is 10.3. The predicted octanol–water partition coefficient (Wildman–Crippen LogP) is 2.16. The Morgan fingerprint density at radius 3 is 2.70 bits per heavy atom. The number of nitrogens with one attached hydrogen (secondary N) is 1. The first-order valence-corrected chi connectivity index (χ1v) is 7.59. The van der Waals surface area contributed by atoms with Crippen LogP contribution in [0.2, 0.25) is 0 Å². The number of carbonyl (C=O) groups is 2. The average molecular weight is 307 g/mol. The molecule has 0 unspecified atom stereocenters. The zero-order valence-electron chi connectivity index (χ0n) is 10.5. The van der Waals surface area contributed by atoms with E-state index < -0.39 is 5.91 Å². The fraction of sp³-hybridized carbons (Fsp3) is 0.0769. The normalized spacial score (nSPS) is 10.2. The number of anilines is 2. The molecule has 1 aromatic carbocycles. The van der Waals surface area contributed by atoms with E-state index >= 15 is 0 Å². The number of thioether (sulfide) groups is 1. The zero-order valence-corrected chi connectivity index (χ0v) is 12.1. The van der Waals surface area contributed by atoms with Crippen molar-refractivity contribution in [2.24, 2.45) is 5.73 Å². The van der Waals surface area contributed by atoms with Crippen molar-refractivity contribution in [3.8, 4) is 0 Å². The van der Waals surface area contributed by atoms with E-state index in [9.17, 15) is 9.59 Å². The van der Waals surface area contributed by atoms with Crippen LogP contribution in [-0.4, -0.2) is 17.6 Å². The van der Waals surface area contributed by atoms with Gasteiger partial charge in [0.1, 0.15) is 5.00 Å². The quantitative estimate of drug-likeness (QED) is 0.582. The Balaban J connectivity index is 1.95. The lowest BCUT2D eigenvalue weighted by molar-refractivity contribution is -0.113. The second-order valence-corrected chi connectivity index (χ2v) is 5.84. The van der Waals surface area contributed by atoms with Crippen LogP contribution >= 0.6 is 23.1 Å². The molecule has 104 valence electrons. The topological polar surface area (TPSA) is 98.2 Å². The minimum atomic E-state index is -0.554. The fourth-order valence-corrected chi connectivity index (χ4v) is 3.09. The minimum absolute atomic E-state index is 0.205. The maximum atomic E-state index is 11.9. The number of nitrogens with two attached hydrogens (primary N) is 2. The van der Waals surface area contributed by atoms with Crippen molar-refractivity contribution in [1.82, 2.24) is 0 Å². The molecule has 0 atom stereocenters. The molecule has 0 saturated heterocycles. The second-order valence-electron chi connectivity index (χ2n) is 3.90. The molecule has 1 heterocycles. The molecule has 1 aromatic heterocycles. The molecule has 5 N–H and O–H groups in total. The highest BCUT2D eigenvalue weighted by molar-refractivity contribution is 8.00. The number of benzene rings is 1. The molecule has 0 radical (unpaired) electrons. The van der Waals surface area contributed by atoms with Gasteiger partial charge in [0, 0.05) is 10.6 Å². The van der Waals surface area contributed by atoms with E-state index in [0.29, 0.717) is 16.3 Å². The molecule has 0 saturated carbocycles. The molecule has 5 nitrogen and oxygen atoms in total. The Labute approximate surface area is 124 Å². The Bertz CT molecular complexity index is 640. The number of amides is 2. The maximum absolute atomic E-state index is 11.9. The number of primary amides is 1. The van der Waals surface area contributed by atoms with Crippen molar-refractivity contribution in [2.45, 2.75) is 4.90 Å². The molecule has 2 amide bonds. The van der Waals surface area contributed by atoms with Gasteiger partial charge in [0.2, 0.25) is 5.91 Å². The smallest absolute Gasteiger partial charge is 0.251 e. The summed E-state index contributed by atoms with van der Waals surface area (Å²) in [4.78, 5) is 23.8. The van der Waals surface area contributed by atoms with E-state index in [1.54, 1.807) is 17.5 Å². The van der Waals surface area contributed by atoms with Crippen molar-refractivity contribution in [3.05, 3.63) is 41.3 Å². The van der Waals surface area contributed by atoms with Crippen LogP contribution < -0.4 is 16.8 Å². The molecule has 0 bridgehead atoms. The van der Waals surface area contributed by atoms with Gasteiger partial charge < -0.3 is 16.8 Å². The van der Waals surface area contributed by atoms with Crippen molar-refractivity contribution >= 4 is 45.6 Å². The summed E-state index contributed by atoms with van der Waals surface area (Å²) < 4.78 is 0. The summed E-state index contributed by atoms with van der Waals surface area (Å²) in [7, 11) is 0. The Kier molecular flexibility index (Phi) is 4.65. The third-order valence-electron chi connectivity index (χ3n) is 2.46. The molecule has 0 aliphatic carbocycles. The molecule has 0 aliphatic heterocycles. The van der Waals surface area contributed by atoms with Crippen LogP contribution in [0.5, 0.6) is 0 Å². The van der Waals surface area contributed by atoms with E-state index in [1.807, 2.05) is 18.2 Å². The summed E-state index contributed by atoms with van der Waals surface area (Å²) in [5, 5.41) is 4.86. The number of para-hydroxylation sites is 1. The van der Waals surface area contributed by atoms with Crippen molar-refractivity contribution in [1.29, 1.82) is 0 Å². The standard InChI is InChI=1S/C13H13N3O2S2/c14-9-3-1-2-4-10(9)20-7-11(17)16-13-8(12(15)18)5-6-19-13/h1-6H,7,14H2,(H2,15,18)(H,16,17). The van der Waals surface area contributed by atoms with Gasteiger partial charge in [-0.3, -0.25) is 9.59 Å². The van der Waals surface area contributed by atoms with Crippen LogP contribution in [0, 0.1) is 0 Å². The average Bonchev–Trinajstić information content (AvgIpc) is 2.86. The zero-order chi connectivity index (χ0) is 14.5. The number of hydrogen-bond acceptors (Lipinski definition) is 5.